The third-order valence-electron chi connectivity index (χ3n) is 2.41. The van der Waals surface area contributed by atoms with Gasteiger partial charge in [-0.2, -0.15) is 0 Å². The predicted octanol–water partition coefficient (Wildman–Crippen LogP) is 3.94. The summed E-state index contributed by atoms with van der Waals surface area (Å²) in [6.07, 6.45) is 2.39. The minimum atomic E-state index is -0.0747. The van der Waals surface area contributed by atoms with Crippen molar-refractivity contribution in [3.63, 3.8) is 0 Å². The van der Waals surface area contributed by atoms with E-state index in [0.29, 0.717) is 4.67 Å². The molecule has 1 atom stereocenters. The topological polar surface area (TPSA) is 39.2 Å². The van der Waals surface area contributed by atoms with Crippen LogP contribution in [0.4, 0.5) is 0 Å². The van der Waals surface area contributed by atoms with E-state index in [1.54, 1.807) is 6.26 Å². The smallest absolute Gasteiger partial charge is 0.173 e. The first-order valence-corrected chi connectivity index (χ1v) is 6.07. The van der Waals surface area contributed by atoms with Crippen LogP contribution < -0.4 is 5.73 Å². The summed E-state index contributed by atoms with van der Waals surface area (Å²) in [6, 6.07) is 9.51. The number of hydrogen-bond donors (Lipinski definition) is 1. The highest BCUT2D eigenvalue weighted by atomic mass is 79.9. The van der Waals surface area contributed by atoms with E-state index in [1.165, 1.54) is 0 Å². The van der Waals surface area contributed by atoms with Gasteiger partial charge >= 0.3 is 0 Å². The van der Waals surface area contributed by atoms with Gasteiger partial charge in [-0.15, -0.1) is 0 Å². The summed E-state index contributed by atoms with van der Waals surface area (Å²) < 4.78 is 5.86. The third-order valence-corrected chi connectivity index (χ3v) is 3.31. The second-order valence-corrected chi connectivity index (χ2v) is 4.74. The summed E-state index contributed by atoms with van der Waals surface area (Å²) in [5, 5.41) is 0.738. The molecule has 16 heavy (non-hydrogen) atoms. The van der Waals surface area contributed by atoms with Crippen LogP contribution in [0.1, 0.15) is 17.2 Å². The zero-order valence-electron chi connectivity index (χ0n) is 8.49. The molecule has 84 valence electrons. The van der Waals surface area contributed by atoms with Gasteiger partial charge in [0.2, 0.25) is 0 Å². The van der Waals surface area contributed by atoms with Gasteiger partial charge in [-0.1, -0.05) is 23.7 Å². The molecule has 0 amide bonds. The summed E-state index contributed by atoms with van der Waals surface area (Å²) in [7, 11) is 0. The van der Waals surface area contributed by atoms with Gasteiger partial charge in [0, 0.05) is 16.6 Å². The summed E-state index contributed by atoms with van der Waals surface area (Å²) in [5.41, 5.74) is 8.23. The molecule has 1 unspecified atom stereocenters. The van der Waals surface area contributed by atoms with Crippen molar-refractivity contribution >= 4 is 27.5 Å². The van der Waals surface area contributed by atoms with E-state index in [9.17, 15) is 0 Å². The van der Waals surface area contributed by atoms with Crippen LogP contribution in [-0.4, -0.2) is 0 Å². The van der Waals surface area contributed by atoms with Crippen LogP contribution >= 0.6 is 27.5 Å². The molecule has 0 bridgehead atoms. The van der Waals surface area contributed by atoms with Gasteiger partial charge in [0.05, 0.1) is 6.26 Å². The largest absolute Gasteiger partial charge is 0.457 e. The normalized spacial score (nSPS) is 12.7. The Kier molecular flexibility index (Phi) is 3.69. The average Bonchev–Trinajstić information content (AvgIpc) is 2.68. The predicted molar refractivity (Wildman–Crippen MR) is 68.5 cm³/mol. The zero-order chi connectivity index (χ0) is 11.5. The van der Waals surface area contributed by atoms with Crippen LogP contribution in [0, 0.1) is 0 Å². The molecule has 0 saturated heterocycles. The van der Waals surface area contributed by atoms with E-state index >= 15 is 0 Å². The summed E-state index contributed by atoms with van der Waals surface area (Å²) in [5.74, 6) is 0. The van der Waals surface area contributed by atoms with Crippen molar-refractivity contribution < 1.29 is 4.42 Å². The first kappa shape index (κ1) is 11.7. The van der Waals surface area contributed by atoms with Crippen LogP contribution in [0.15, 0.2) is 45.7 Å². The monoisotopic (exact) mass is 299 g/mol. The maximum absolute atomic E-state index is 6.09. The lowest BCUT2D eigenvalue weighted by atomic mass is 10.0. The fraction of sp³-hybridized carbons (Fsp3) is 0.167. The van der Waals surface area contributed by atoms with Crippen LogP contribution in [0.3, 0.4) is 0 Å². The number of halogens is 2. The molecule has 1 heterocycles. The Bertz CT molecular complexity index is 466. The molecule has 0 saturated carbocycles. The first-order valence-electron chi connectivity index (χ1n) is 4.89. The molecule has 1 aromatic carbocycles. The summed E-state index contributed by atoms with van der Waals surface area (Å²) in [4.78, 5) is 0. The first-order chi connectivity index (χ1) is 7.66. The van der Waals surface area contributed by atoms with Crippen molar-refractivity contribution in [1.29, 1.82) is 0 Å². The number of furan rings is 1. The van der Waals surface area contributed by atoms with Crippen LogP contribution in [0.5, 0.6) is 0 Å². The van der Waals surface area contributed by atoms with Gasteiger partial charge in [0.1, 0.15) is 0 Å². The standard InChI is InChI=1S/C12H11BrClNO/c13-12-10(5-6-16-12)11(15)7-8-1-3-9(14)4-2-8/h1-6,11H,7,15H2. The Morgan fingerprint density at radius 3 is 2.50 bits per heavy atom. The molecule has 0 radical (unpaired) electrons. The Labute approximate surface area is 108 Å². The van der Waals surface area contributed by atoms with Crippen molar-refractivity contribution in [3.05, 3.63) is 57.4 Å². The van der Waals surface area contributed by atoms with Gasteiger partial charge in [0.25, 0.3) is 0 Å². The second-order valence-electron chi connectivity index (χ2n) is 3.59. The average molecular weight is 301 g/mol. The van der Waals surface area contributed by atoms with E-state index in [2.05, 4.69) is 15.9 Å². The van der Waals surface area contributed by atoms with Crippen LogP contribution in [0.25, 0.3) is 0 Å². The summed E-state index contributed by atoms with van der Waals surface area (Å²) >= 11 is 9.14. The number of rotatable bonds is 3. The minimum Gasteiger partial charge on any atom is -0.457 e. The van der Waals surface area contributed by atoms with E-state index in [4.69, 9.17) is 21.8 Å². The third kappa shape index (κ3) is 2.67. The molecule has 4 heteroatoms. The molecule has 0 fully saturated rings. The molecular formula is C12H11BrClNO. The van der Waals surface area contributed by atoms with Crippen molar-refractivity contribution in [3.8, 4) is 0 Å². The van der Waals surface area contributed by atoms with Gasteiger partial charge in [-0.3, -0.25) is 0 Å². The molecule has 0 aliphatic carbocycles. The lowest BCUT2D eigenvalue weighted by Crippen LogP contribution is -2.12. The number of nitrogens with two attached hydrogens (primary N) is 1. The molecule has 0 aliphatic heterocycles. The molecule has 0 aliphatic rings. The fourth-order valence-corrected chi connectivity index (χ4v) is 2.21. The Balaban J connectivity index is 2.10. The molecule has 1 aromatic heterocycles. The van der Waals surface area contributed by atoms with Crippen molar-refractivity contribution in [2.45, 2.75) is 12.5 Å². The van der Waals surface area contributed by atoms with Crippen molar-refractivity contribution in [2.24, 2.45) is 5.73 Å². The van der Waals surface area contributed by atoms with E-state index in [1.807, 2.05) is 30.3 Å². The van der Waals surface area contributed by atoms with E-state index in [0.717, 1.165) is 22.6 Å². The fourth-order valence-electron chi connectivity index (χ4n) is 1.55. The van der Waals surface area contributed by atoms with E-state index < -0.39 is 0 Å². The SMILES string of the molecule is NC(Cc1ccc(Cl)cc1)c1ccoc1Br. The minimum absolute atomic E-state index is 0.0747. The quantitative estimate of drug-likeness (QED) is 0.932. The van der Waals surface area contributed by atoms with Crippen molar-refractivity contribution in [1.82, 2.24) is 0 Å². The highest BCUT2D eigenvalue weighted by molar-refractivity contribution is 9.10. The summed E-state index contributed by atoms with van der Waals surface area (Å²) in [6.45, 7) is 0. The molecule has 2 aromatic rings. The number of hydrogen-bond acceptors (Lipinski definition) is 2. The van der Waals surface area contributed by atoms with E-state index in [-0.39, 0.29) is 6.04 Å². The molecule has 2 rings (SSSR count). The lowest BCUT2D eigenvalue weighted by molar-refractivity contribution is 0.531. The number of benzene rings is 1. The Morgan fingerprint density at radius 1 is 1.25 bits per heavy atom. The highest BCUT2D eigenvalue weighted by Gasteiger charge is 2.12. The van der Waals surface area contributed by atoms with Crippen molar-refractivity contribution in [2.75, 3.05) is 0 Å². The molecular weight excluding hydrogens is 289 g/mol. The van der Waals surface area contributed by atoms with Crippen LogP contribution in [0.2, 0.25) is 5.02 Å². The second kappa shape index (κ2) is 5.04. The lowest BCUT2D eigenvalue weighted by Gasteiger charge is -2.10. The molecule has 2 N–H and O–H groups in total. The van der Waals surface area contributed by atoms with Gasteiger partial charge in [0.15, 0.2) is 4.67 Å². The molecule has 0 spiro atoms. The van der Waals surface area contributed by atoms with Gasteiger partial charge in [-0.25, -0.2) is 0 Å². The Morgan fingerprint density at radius 2 is 1.94 bits per heavy atom. The Hall–Kier alpha value is -0.770. The van der Waals surface area contributed by atoms with Gasteiger partial charge < -0.3 is 10.2 Å². The molecule has 2 nitrogen and oxygen atoms in total. The maximum Gasteiger partial charge on any atom is 0.173 e. The maximum atomic E-state index is 6.09. The zero-order valence-corrected chi connectivity index (χ0v) is 10.8. The van der Waals surface area contributed by atoms with Gasteiger partial charge in [-0.05, 0) is 46.1 Å². The van der Waals surface area contributed by atoms with Crippen LogP contribution in [-0.2, 0) is 6.42 Å². The highest BCUT2D eigenvalue weighted by Crippen LogP contribution is 2.25.